The van der Waals surface area contributed by atoms with Gasteiger partial charge >= 0.3 is 0 Å². The highest BCUT2D eigenvalue weighted by molar-refractivity contribution is 4.91. The molecule has 1 atom stereocenters. The number of nitrogens with zero attached hydrogens (tertiary/aromatic N) is 1. The predicted molar refractivity (Wildman–Crippen MR) is 88.1 cm³/mol. The summed E-state index contributed by atoms with van der Waals surface area (Å²) >= 11 is 0. The van der Waals surface area contributed by atoms with Crippen LogP contribution in [0.25, 0.3) is 0 Å². The van der Waals surface area contributed by atoms with E-state index in [2.05, 4.69) is 37.9 Å². The van der Waals surface area contributed by atoms with Crippen molar-refractivity contribution in [2.45, 2.75) is 84.7 Å². The van der Waals surface area contributed by atoms with E-state index in [1.165, 1.54) is 64.6 Å². The Morgan fingerprint density at radius 1 is 1.20 bits per heavy atom. The summed E-state index contributed by atoms with van der Waals surface area (Å²) in [4.78, 5) is 2.81. The molecule has 0 aromatic heterocycles. The molecule has 2 aliphatic rings. The van der Waals surface area contributed by atoms with Gasteiger partial charge in [0.2, 0.25) is 0 Å². The average Bonchev–Trinajstić information content (AvgIpc) is 3.26. The topological polar surface area (TPSA) is 15.3 Å². The van der Waals surface area contributed by atoms with Crippen molar-refractivity contribution in [1.29, 1.82) is 0 Å². The Bertz CT molecular complexity index is 281. The van der Waals surface area contributed by atoms with Crippen molar-refractivity contribution < 1.29 is 0 Å². The van der Waals surface area contributed by atoms with Crippen LogP contribution in [-0.2, 0) is 0 Å². The van der Waals surface area contributed by atoms with Crippen LogP contribution in [0.15, 0.2) is 0 Å². The normalized spacial score (nSPS) is 22.5. The maximum atomic E-state index is 3.78. The van der Waals surface area contributed by atoms with Gasteiger partial charge in [-0.1, -0.05) is 34.1 Å². The van der Waals surface area contributed by atoms with Crippen LogP contribution >= 0.6 is 0 Å². The Kier molecular flexibility index (Phi) is 5.92. The minimum absolute atomic E-state index is 0.469. The zero-order valence-electron chi connectivity index (χ0n) is 14.3. The van der Waals surface area contributed by atoms with Gasteiger partial charge in [0.25, 0.3) is 0 Å². The Labute approximate surface area is 126 Å². The van der Waals surface area contributed by atoms with E-state index in [-0.39, 0.29) is 0 Å². The largest absolute Gasteiger partial charge is 0.313 e. The number of hydrogen-bond acceptors (Lipinski definition) is 2. The number of rotatable bonds is 11. The molecule has 0 bridgehead atoms. The molecule has 20 heavy (non-hydrogen) atoms. The highest BCUT2D eigenvalue weighted by Crippen LogP contribution is 2.33. The van der Waals surface area contributed by atoms with Gasteiger partial charge in [-0.05, 0) is 56.4 Å². The number of nitrogens with one attached hydrogen (secondary N) is 1. The minimum atomic E-state index is 0.469. The molecule has 1 unspecified atom stereocenters. The van der Waals surface area contributed by atoms with E-state index in [9.17, 15) is 0 Å². The van der Waals surface area contributed by atoms with E-state index < -0.39 is 0 Å². The van der Waals surface area contributed by atoms with Crippen LogP contribution in [0.5, 0.6) is 0 Å². The van der Waals surface area contributed by atoms with E-state index in [1.807, 2.05) is 0 Å². The van der Waals surface area contributed by atoms with Crippen molar-refractivity contribution in [3.05, 3.63) is 0 Å². The lowest BCUT2D eigenvalue weighted by molar-refractivity contribution is 0.137. The summed E-state index contributed by atoms with van der Waals surface area (Å²) in [6.07, 6.45) is 9.72. The van der Waals surface area contributed by atoms with Gasteiger partial charge in [-0.2, -0.15) is 0 Å². The molecule has 2 fully saturated rings. The van der Waals surface area contributed by atoms with E-state index >= 15 is 0 Å². The maximum absolute atomic E-state index is 3.78. The standard InChI is InChI=1S/C18H36N2/c1-5-11-18(4,13-19-16-6-7-16)14-20(17-8-9-17)12-10-15(2)3/h15-17,19H,5-14H2,1-4H3. The second-order valence-corrected chi connectivity index (χ2v) is 8.10. The van der Waals surface area contributed by atoms with Gasteiger partial charge in [0.15, 0.2) is 0 Å². The van der Waals surface area contributed by atoms with Gasteiger partial charge in [-0.15, -0.1) is 0 Å². The smallest absolute Gasteiger partial charge is 0.00966 e. The van der Waals surface area contributed by atoms with Crippen molar-refractivity contribution in [3.8, 4) is 0 Å². The zero-order valence-corrected chi connectivity index (χ0v) is 14.3. The molecule has 118 valence electrons. The van der Waals surface area contributed by atoms with Crippen LogP contribution in [-0.4, -0.2) is 36.6 Å². The van der Waals surface area contributed by atoms with Crippen LogP contribution in [0, 0.1) is 11.3 Å². The molecule has 2 rings (SSSR count). The third kappa shape index (κ3) is 5.73. The van der Waals surface area contributed by atoms with Gasteiger partial charge in [0, 0.05) is 25.2 Å². The quantitative estimate of drug-likeness (QED) is 0.614. The summed E-state index contributed by atoms with van der Waals surface area (Å²) in [5, 5.41) is 3.78. The first-order valence-corrected chi connectivity index (χ1v) is 9.00. The highest BCUT2D eigenvalue weighted by atomic mass is 15.2. The zero-order chi connectivity index (χ0) is 14.6. The molecular weight excluding hydrogens is 244 g/mol. The second kappa shape index (κ2) is 7.26. The highest BCUT2D eigenvalue weighted by Gasteiger charge is 2.35. The molecule has 0 spiro atoms. The molecule has 2 aliphatic carbocycles. The van der Waals surface area contributed by atoms with Crippen molar-refractivity contribution in [1.82, 2.24) is 10.2 Å². The second-order valence-electron chi connectivity index (χ2n) is 8.10. The monoisotopic (exact) mass is 280 g/mol. The van der Waals surface area contributed by atoms with Gasteiger partial charge in [-0.25, -0.2) is 0 Å². The van der Waals surface area contributed by atoms with Crippen molar-refractivity contribution in [2.75, 3.05) is 19.6 Å². The molecule has 1 N–H and O–H groups in total. The van der Waals surface area contributed by atoms with E-state index in [4.69, 9.17) is 0 Å². The number of hydrogen-bond donors (Lipinski definition) is 1. The van der Waals surface area contributed by atoms with Gasteiger partial charge in [0.05, 0.1) is 0 Å². The molecule has 0 saturated heterocycles. The summed E-state index contributed by atoms with van der Waals surface area (Å²) in [6, 6.07) is 1.75. The van der Waals surface area contributed by atoms with Gasteiger partial charge < -0.3 is 5.32 Å². The maximum Gasteiger partial charge on any atom is 0.00966 e. The van der Waals surface area contributed by atoms with E-state index in [1.54, 1.807) is 0 Å². The lowest BCUT2D eigenvalue weighted by Crippen LogP contribution is -2.44. The molecular formula is C18H36N2. The molecule has 2 nitrogen and oxygen atoms in total. The molecule has 2 saturated carbocycles. The van der Waals surface area contributed by atoms with Crippen LogP contribution in [0.2, 0.25) is 0 Å². The summed E-state index contributed by atoms with van der Waals surface area (Å²) < 4.78 is 0. The predicted octanol–water partition coefficient (Wildman–Crippen LogP) is 4.06. The third-order valence-electron chi connectivity index (χ3n) is 4.89. The van der Waals surface area contributed by atoms with Crippen molar-refractivity contribution in [3.63, 3.8) is 0 Å². The fraction of sp³-hybridized carbons (Fsp3) is 1.00. The van der Waals surface area contributed by atoms with Crippen LogP contribution in [0.3, 0.4) is 0 Å². The van der Waals surface area contributed by atoms with Crippen LogP contribution in [0.1, 0.15) is 72.6 Å². The summed E-state index contributed by atoms with van der Waals surface area (Å²) in [5.74, 6) is 0.832. The first-order valence-electron chi connectivity index (χ1n) is 9.00. The summed E-state index contributed by atoms with van der Waals surface area (Å²) in [6.45, 7) is 13.4. The molecule has 0 aliphatic heterocycles. The lowest BCUT2D eigenvalue weighted by atomic mass is 9.84. The molecule has 0 aromatic rings. The summed E-state index contributed by atoms with van der Waals surface area (Å²) in [5.41, 5.74) is 0.469. The summed E-state index contributed by atoms with van der Waals surface area (Å²) in [7, 11) is 0. The van der Waals surface area contributed by atoms with Crippen molar-refractivity contribution in [2.24, 2.45) is 11.3 Å². The average molecular weight is 280 g/mol. The molecule has 0 aromatic carbocycles. The molecule has 0 heterocycles. The van der Waals surface area contributed by atoms with E-state index in [0.29, 0.717) is 5.41 Å². The van der Waals surface area contributed by atoms with Crippen LogP contribution in [0.4, 0.5) is 0 Å². The van der Waals surface area contributed by atoms with Gasteiger partial charge in [0.1, 0.15) is 0 Å². The molecule has 2 heteroatoms. The Morgan fingerprint density at radius 3 is 2.40 bits per heavy atom. The van der Waals surface area contributed by atoms with Gasteiger partial charge in [-0.3, -0.25) is 4.90 Å². The fourth-order valence-electron chi connectivity index (χ4n) is 3.25. The minimum Gasteiger partial charge on any atom is -0.313 e. The molecule has 0 amide bonds. The van der Waals surface area contributed by atoms with Crippen molar-refractivity contribution >= 4 is 0 Å². The Morgan fingerprint density at radius 2 is 1.90 bits per heavy atom. The van der Waals surface area contributed by atoms with Crippen LogP contribution < -0.4 is 5.32 Å². The SMILES string of the molecule is CCCC(C)(CNC1CC1)CN(CCC(C)C)C1CC1. The van der Waals surface area contributed by atoms with E-state index in [0.717, 1.165) is 18.0 Å². The lowest BCUT2D eigenvalue weighted by Gasteiger charge is -2.36. The first-order chi connectivity index (χ1) is 9.52. The third-order valence-corrected chi connectivity index (χ3v) is 4.89. The first kappa shape index (κ1) is 16.3. The Balaban J connectivity index is 1.84. The fourth-order valence-corrected chi connectivity index (χ4v) is 3.25. The molecule has 0 radical (unpaired) electrons. The Hall–Kier alpha value is -0.0800.